The maximum absolute atomic E-state index is 13.0. The van der Waals surface area contributed by atoms with Crippen molar-refractivity contribution in [3.63, 3.8) is 0 Å². The number of carbonyl (C=O) groups excluding carboxylic acids is 2. The van der Waals surface area contributed by atoms with Crippen molar-refractivity contribution >= 4 is 11.8 Å². The van der Waals surface area contributed by atoms with Crippen molar-refractivity contribution in [2.45, 2.75) is 57.0 Å². The second-order valence-corrected chi connectivity index (χ2v) is 9.50. The number of aromatic nitrogens is 2. The van der Waals surface area contributed by atoms with Gasteiger partial charge in [0.2, 0.25) is 11.8 Å². The molecule has 0 bridgehead atoms. The third kappa shape index (κ3) is 2.62. The third-order valence-electron chi connectivity index (χ3n) is 7.60. The largest absolute Gasteiger partial charge is 0.384 e. The number of amides is 2. The molecule has 7 nitrogen and oxygen atoms in total. The number of ether oxygens (including phenoxy) is 1. The first-order valence-electron chi connectivity index (χ1n) is 10.6. The quantitative estimate of drug-likeness (QED) is 0.809. The van der Waals surface area contributed by atoms with Crippen LogP contribution in [-0.2, 0) is 19.9 Å². The molecule has 3 fully saturated rings. The molecule has 2 aliphatic carbocycles. The van der Waals surface area contributed by atoms with E-state index >= 15 is 0 Å². The van der Waals surface area contributed by atoms with Crippen LogP contribution in [0, 0.1) is 17.3 Å². The van der Waals surface area contributed by atoms with Crippen LogP contribution < -0.4 is 5.32 Å². The van der Waals surface area contributed by atoms with E-state index in [9.17, 15) is 9.59 Å². The van der Waals surface area contributed by atoms with Crippen molar-refractivity contribution in [2.24, 2.45) is 17.3 Å². The van der Waals surface area contributed by atoms with Gasteiger partial charge < -0.3 is 19.5 Å². The highest BCUT2D eigenvalue weighted by molar-refractivity contribution is 5.84. The lowest BCUT2D eigenvalue weighted by Gasteiger charge is -2.50. The van der Waals surface area contributed by atoms with E-state index < -0.39 is 0 Å². The van der Waals surface area contributed by atoms with E-state index in [0.717, 1.165) is 44.6 Å². The Morgan fingerprint density at radius 2 is 2.11 bits per heavy atom. The van der Waals surface area contributed by atoms with Crippen molar-refractivity contribution < 1.29 is 14.3 Å². The molecule has 1 spiro atoms. The zero-order valence-corrected chi connectivity index (χ0v) is 16.8. The van der Waals surface area contributed by atoms with Crippen molar-refractivity contribution in [3.8, 4) is 0 Å². The van der Waals surface area contributed by atoms with E-state index in [0.29, 0.717) is 12.5 Å². The fraction of sp³-hybridized carbons (Fsp3) is 0.762. The minimum absolute atomic E-state index is 0.0880. The van der Waals surface area contributed by atoms with E-state index in [4.69, 9.17) is 4.74 Å². The molecule has 2 saturated carbocycles. The monoisotopic (exact) mass is 386 g/mol. The standard InChI is InChI=1S/C21H30N4O3/c1-14(15-4-5-15)18(26)24-11-21(12-24)10-16(17-22-8-9-25(17)21)23-19(27)20(13-28-2)6-3-7-20/h8-9,14-16H,3-7,10-13H2,1-2H3,(H,23,27). The molecule has 2 unspecified atom stereocenters. The Morgan fingerprint density at radius 3 is 2.71 bits per heavy atom. The van der Waals surface area contributed by atoms with Crippen LogP contribution in [0.5, 0.6) is 0 Å². The third-order valence-corrected chi connectivity index (χ3v) is 7.60. The lowest BCUT2D eigenvalue weighted by Crippen LogP contribution is -2.64. The summed E-state index contributed by atoms with van der Waals surface area (Å²) in [6.07, 6.45) is 9.86. The number of methoxy groups -OCH3 is 1. The van der Waals surface area contributed by atoms with Gasteiger partial charge in [-0.1, -0.05) is 13.3 Å². The summed E-state index contributed by atoms with van der Waals surface area (Å²) in [7, 11) is 1.66. The normalized spacial score (nSPS) is 27.6. The maximum Gasteiger partial charge on any atom is 0.229 e. The molecule has 1 saturated heterocycles. The molecular formula is C21H30N4O3. The Labute approximate surface area is 165 Å². The first-order valence-corrected chi connectivity index (χ1v) is 10.6. The predicted octanol–water partition coefficient (Wildman–Crippen LogP) is 1.84. The van der Waals surface area contributed by atoms with E-state index in [-0.39, 0.29) is 34.7 Å². The summed E-state index contributed by atoms with van der Waals surface area (Å²) in [6, 6.07) is -0.0880. The minimum atomic E-state index is -0.372. The molecule has 2 amide bonds. The molecule has 5 rings (SSSR count). The molecule has 1 N–H and O–H groups in total. The van der Waals surface area contributed by atoms with Crippen LogP contribution in [0.1, 0.15) is 57.3 Å². The highest BCUT2D eigenvalue weighted by Gasteiger charge is 2.55. The molecule has 1 aromatic rings. The van der Waals surface area contributed by atoms with E-state index in [1.54, 1.807) is 13.3 Å². The number of fused-ring (bicyclic) bond motifs is 2. The number of nitrogens with one attached hydrogen (secondary N) is 1. The Hall–Kier alpha value is -1.89. The van der Waals surface area contributed by atoms with Crippen molar-refractivity contribution in [1.82, 2.24) is 19.8 Å². The average molecular weight is 386 g/mol. The second kappa shape index (κ2) is 6.31. The van der Waals surface area contributed by atoms with Gasteiger partial charge in [0.25, 0.3) is 0 Å². The van der Waals surface area contributed by atoms with Crippen LogP contribution in [0.3, 0.4) is 0 Å². The zero-order valence-electron chi connectivity index (χ0n) is 16.8. The molecule has 4 aliphatic rings. The number of hydrogen-bond acceptors (Lipinski definition) is 4. The van der Waals surface area contributed by atoms with Crippen LogP contribution in [0.25, 0.3) is 0 Å². The van der Waals surface area contributed by atoms with Gasteiger partial charge in [0.05, 0.1) is 23.6 Å². The molecule has 152 valence electrons. The molecule has 3 heterocycles. The Kier molecular flexibility index (Phi) is 4.09. The van der Waals surface area contributed by atoms with Crippen molar-refractivity contribution in [1.29, 1.82) is 0 Å². The SMILES string of the molecule is COCC1(C(=O)NC2CC3(CN(C(=O)C(C)C4CC4)C3)n3ccnc32)CCC1. The van der Waals surface area contributed by atoms with Crippen molar-refractivity contribution in [2.75, 3.05) is 26.8 Å². The maximum atomic E-state index is 13.0. The van der Waals surface area contributed by atoms with Gasteiger partial charge in [-0.3, -0.25) is 9.59 Å². The lowest BCUT2D eigenvalue weighted by atomic mass is 9.68. The smallest absolute Gasteiger partial charge is 0.229 e. The van der Waals surface area contributed by atoms with Crippen LogP contribution >= 0.6 is 0 Å². The molecule has 0 aromatic carbocycles. The molecule has 0 radical (unpaired) electrons. The topological polar surface area (TPSA) is 76.5 Å². The van der Waals surface area contributed by atoms with Gasteiger partial charge in [-0.05, 0) is 31.6 Å². The fourth-order valence-electron chi connectivity index (χ4n) is 5.47. The van der Waals surface area contributed by atoms with Crippen LogP contribution in [-0.4, -0.2) is 53.1 Å². The van der Waals surface area contributed by atoms with Crippen LogP contribution in [0.4, 0.5) is 0 Å². The molecular weight excluding hydrogens is 356 g/mol. The first-order chi connectivity index (χ1) is 13.5. The Bertz CT molecular complexity index is 789. The summed E-state index contributed by atoms with van der Waals surface area (Å²) in [5.74, 6) is 2.03. The summed E-state index contributed by atoms with van der Waals surface area (Å²) in [5.41, 5.74) is -0.486. The number of imidazole rings is 1. The number of likely N-dealkylation sites (tertiary alicyclic amines) is 1. The molecule has 7 heteroatoms. The summed E-state index contributed by atoms with van der Waals surface area (Å²) in [5, 5.41) is 3.26. The highest BCUT2D eigenvalue weighted by atomic mass is 16.5. The highest BCUT2D eigenvalue weighted by Crippen LogP contribution is 2.47. The summed E-state index contributed by atoms with van der Waals surface area (Å²) >= 11 is 0. The van der Waals surface area contributed by atoms with E-state index in [2.05, 4.69) is 21.8 Å². The Morgan fingerprint density at radius 1 is 1.36 bits per heavy atom. The van der Waals surface area contributed by atoms with Crippen LogP contribution in [0.15, 0.2) is 12.4 Å². The lowest BCUT2D eigenvalue weighted by molar-refractivity contribution is -0.147. The number of hydrogen-bond donors (Lipinski definition) is 1. The van der Waals surface area contributed by atoms with Gasteiger partial charge in [0.15, 0.2) is 0 Å². The van der Waals surface area contributed by atoms with Gasteiger partial charge in [0.1, 0.15) is 5.82 Å². The fourth-order valence-corrected chi connectivity index (χ4v) is 5.47. The Balaban J connectivity index is 1.27. The predicted molar refractivity (Wildman–Crippen MR) is 102 cm³/mol. The second-order valence-electron chi connectivity index (χ2n) is 9.50. The van der Waals surface area contributed by atoms with Gasteiger partial charge in [-0.25, -0.2) is 4.98 Å². The number of nitrogens with zero attached hydrogens (tertiary/aromatic N) is 3. The molecule has 1 aromatic heterocycles. The summed E-state index contributed by atoms with van der Waals surface area (Å²) in [6.45, 7) is 4.00. The van der Waals surface area contributed by atoms with Gasteiger partial charge >= 0.3 is 0 Å². The summed E-state index contributed by atoms with van der Waals surface area (Å²) in [4.78, 5) is 32.2. The van der Waals surface area contributed by atoms with E-state index in [1.807, 2.05) is 11.1 Å². The van der Waals surface area contributed by atoms with Gasteiger partial charge in [0, 0.05) is 44.9 Å². The minimum Gasteiger partial charge on any atom is -0.384 e. The average Bonchev–Trinajstić information content (AvgIpc) is 3.26. The number of carbonyl (C=O) groups is 2. The van der Waals surface area contributed by atoms with Crippen LogP contribution in [0.2, 0.25) is 0 Å². The van der Waals surface area contributed by atoms with Crippen molar-refractivity contribution in [3.05, 3.63) is 18.2 Å². The summed E-state index contributed by atoms with van der Waals surface area (Å²) < 4.78 is 7.53. The van der Waals surface area contributed by atoms with E-state index in [1.165, 1.54) is 12.8 Å². The number of rotatable bonds is 6. The molecule has 2 atom stereocenters. The van der Waals surface area contributed by atoms with Gasteiger partial charge in [-0.2, -0.15) is 0 Å². The van der Waals surface area contributed by atoms with Gasteiger partial charge in [-0.15, -0.1) is 0 Å². The zero-order chi connectivity index (χ0) is 19.5. The molecule has 28 heavy (non-hydrogen) atoms. The molecule has 2 aliphatic heterocycles. The first kappa shape index (κ1) is 18.2.